The minimum absolute atomic E-state index is 0.155. The summed E-state index contributed by atoms with van der Waals surface area (Å²) in [6, 6.07) is 0.155. The predicted molar refractivity (Wildman–Crippen MR) is 80.8 cm³/mol. The molecule has 1 heterocycles. The Morgan fingerprint density at radius 3 is 2.67 bits per heavy atom. The Kier molecular flexibility index (Phi) is 6.68. The van der Waals surface area contributed by atoms with Crippen LogP contribution in [0.1, 0.15) is 46.8 Å². The number of amides is 1. The van der Waals surface area contributed by atoms with Gasteiger partial charge in [0.05, 0.1) is 12.7 Å². The molecule has 0 aliphatic carbocycles. The first kappa shape index (κ1) is 17.5. The summed E-state index contributed by atoms with van der Waals surface area (Å²) < 4.78 is 10.4. The van der Waals surface area contributed by atoms with Gasteiger partial charge in [0.1, 0.15) is 11.4 Å². The van der Waals surface area contributed by atoms with Crippen molar-refractivity contribution in [3.8, 4) is 0 Å². The fraction of sp³-hybridized carbons (Fsp3) is 0.733. The number of rotatable bonds is 7. The van der Waals surface area contributed by atoms with E-state index in [1.807, 2.05) is 20.8 Å². The number of hydrogen-bond donors (Lipinski definition) is 2. The van der Waals surface area contributed by atoms with E-state index >= 15 is 0 Å². The maximum atomic E-state index is 11.7. The normalized spacial score (nSPS) is 13.2. The van der Waals surface area contributed by atoms with Crippen LogP contribution in [0.2, 0.25) is 0 Å². The van der Waals surface area contributed by atoms with Crippen LogP contribution in [0.3, 0.4) is 0 Å². The first-order chi connectivity index (χ1) is 9.76. The van der Waals surface area contributed by atoms with Crippen molar-refractivity contribution < 1.29 is 13.9 Å². The second kappa shape index (κ2) is 8.02. The Morgan fingerprint density at radius 1 is 1.43 bits per heavy atom. The van der Waals surface area contributed by atoms with E-state index in [2.05, 4.69) is 29.5 Å². The van der Waals surface area contributed by atoms with Gasteiger partial charge in [-0.15, -0.1) is 0 Å². The van der Waals surface area contributed by atoms with Gasteiger partial charge in [-0.05, 0) is 33.1 Å². The van der Waals surface area contributed by atoms with E-state index in [1.54, 1.807) is 6.20 Å². The van der Waals surface area contributed by atoms with Gasteiger partial charge in [0.25, 0.3) is 0 Å². The third-order valence-corrected chi connectivity index (χ3v) is 2.70. The summed E-state index contributed by atoms with van der Waals surface area (Å²) in [7, 11) is 0. The summed E-state index contributed by atoms with van der Waals surface area (Å²) in [5.41, 5.74) is -0.481. The number of nitrogens with zero attached hydrogens (tertiary/aromatic N) is 1. The van der Waals surface area contributed by atoms with Crippen molar-refractivity contribution in [1.82, 2.24) is 15.6 Å². The molecule has 6 nitrogen and oxygen atoms in total. The number of nitrogens with one attached hydrogen (secondary N) is 2. The molecule has 0 radical (unpaired) electrons. The first-order valence-electron chi connectivity index (χ1n) is 7.34. The molecule has 120 valence electrons. The van der Waals surface area contributed by atoms with Crippen molar-refractivity contribution in [1.29, 1.82) is 0 Å². The molecule has 1 amide bonds. The Balaban J connectivity index is 2.40. The van der Waals surface area contributed by atoms with Crippen LogP contribution in [0, 0.1) is 5.92 Å². The fourth-order valence-electron chi connectivity index (χ4n) is 1.90. The molecule has 0 fully saturated rings. The average molecular weight is 297 g/mol. The number of aromatic nitrogens is 1. The van der Waals surface area contributed by atoms with Crippen LogP contribution in [0.5, 0.6) is 0 Å². The summed E-state index contributed by atoms with van der Waals surface area (Å²) in [5.74, 6) is 1.30. The van der Waals surface area contributed by atoms with E-state index in [-0.39, 0.29) is 6.04 Å². The molecule has 0 bridgehead atoms. The van der Waals surface area contributed by atoms with Gasteiger partial charge >= 0.3 is 6.09 Å². The van der Waals surface area contributed by atoms with Gasteiger partial charge in [-0.1, -0.05) is 13.8 Å². The highest BCUT2D eigenvalue weighted by atomic mass is 16.6. The molecule has 0 spiro atoms. The van der Waals surface area contributed by atoms with E-state index in [9.17, 15) is 4.79 Å². The lowest BCUT2D eigenvalue weighted by Crippen LogP contribution is -2.43. The molecule has 1 atom stereocenters. The number of oxazole rings is 1. The van der Waals surface area contributed by atoms with Crippen molar-refractivity contribution in [2.45, 2.75) is 59.2 Å². The summed E-state index contributed by atoms with van der Waals surface area (Å²) in [6.07, 6.45) is 3.65. The summed E-state index contributed by atoms with van der Waals surface area (Å²) in [5, 5.41) is 6.17. The second-order valence-electron chi connectivity index (χ2n) is 6.56. The monoisotopic (exact) mass is 297 g/mol. The molecule has 0 aliphatic heterocycles. The lowest BCUT2D eigenvalue weighted by molar-refractivity contribution is 0.0520. The van der Waals surface area contributed by atoms with Gasteiger partial charge in [0, 0.05) is 12.6 Å². The molecule has 0 aliphatic rings. The molecule has 1 unspecified atom stereocenters. The lowest BCUT2D eigenvalue weighted by Gasteiger charge is -2.23. The summed E-state index contributed by atoms with van der Waals surface area (Å²) >= 11 is 0. The molecular formula is C15H27N3O3. The molecule has 1 aromatic heterocycles. The highest BCUT2D eigenvalue weighted by Crippen LogP contribution is 2.08. The molecule has 21 heavy (non-hydrogen) atoms. The van der Waals surface area contributed by atoms with Gasteiger partial charge in [-0.3, -0.25) is 0 Å². The summed E-state index contributed by atoms with van der Waals surface area (Å²) in [4.78, 5) is 15.6. The van der Waals surface area contributed by atoms with Crippen LogP contribution in [0.25, 0.3) is 0 Å². The minimum Gasteiger partial charge on any atom is -0.447 e. The summed E-state index contributed by atoms with van der Waals surface area (Å²) in [6.45, 7) is 10.9. The third kappa shape index (κ3) is 8.34. The minimum atomic E-state index is -0.481. The topological polar surface area (TPSA) is 76.4 Å². The average Bonchev–Trinajstić information content (AvgIpc) is 2.83. The largest absolute Gasteiger partial charge is 0.447 e. The Hall–Kier alpha value is -1.56. The highest BCUT2D eigenvalue weighted by Gasteiger charge is 2.18. The second-order valence-corrected chi connectivity index (χ2v) is 6.56. The van der Waals surface area contributed by atoms with Gasteiger partial charge in [-0.2, -0.15) is 0 Å². The zero-order valence-corrected chi connectivity index (χ0v) is 13.6. The van der Waals surface area contributed by atoms with Crippen molar-refractivity contribution in [3.63, 3.8) is 0 Å². The lowest BCUT2D eigenvalue weighted by atomic mass is 10.0. The van der Waals surface area contributed by atoms with Crippen molar-refractivity contribution >= 4 is 6.09 Å². The number of hydrogen-bond acceptors (Lipinski definition) is 5. The number of ether oxygens (including phenoxy) is 1. The zero-order valence-electron chi connectivity index (χ0n) is 13.6. The van der Waals surface area contributed by atoms with Crippen LogP contribution >= 0.6 is 0 Å². The quantitative estimate of drug-likeness (QED) is 0.809. The van der Waals surface area contributed by atoms with Crippen LogP contribution < -0.4 is 10.6 Å². The van der Waals surface area contributed by atoms with Crippen molar-refractivity contribution in [2.75, 3.05) is 6.54 Å². The van der Waals surface area contributed by atoms with Crippen molar-refractivity contribution in [3.05, 3.63) is 18.4 Å². The van der Waals surface area contributed by atoms with E-state index in [0.717, 1.165) is 12.2 Å². The molecule has 6 heteroatoms. The first-order valence-corrected chi connectivity index (χ1v) is 7.34. The molecule has 1 rings (SSSR count). The maximum absolute atomic E-state index is 11.7. The number of carbonyl (C=O) groups is 1. The number of carbonyl (C=O) groups excluding carboxylic acids is 1. The Bertz CT molecular complexity index is 410. The molecule has 0 saturated carbocycles. The molecule has 2 N–H and O–H groups in total. The molecular weight excluding hydrogens is 270 g/mol. The van der Waals surface area contributed by atoms with Gasteiger partial charge in [0.15, 0.2) is 6.39 Å². The number of alkyl carbamates (subject to hydrolysis) is 1. The zero-order chi connectivity index (χ0) is 15.9. The highest BCUT2D eigenvalue weighted by molar-refractivity contribution is 5.67. The van der Waals surface area contributed by atoms with Crippen LogP contribution in [-0.4, -0.2) is 29.3 Å². The standard InChI is InChI=1S/C15H27N3O3/c1-11(2)6-12(17-9-13-8-16-10-20-13)7-18-14(19)21-15(3,4)5/h8,10-12,17H,6-7,9H2,1-5H3,(H,18,19). The van der Waals surface area contributed by atoms with E-state index < -0.39 is 11.7 Å². The van der Waals surface area contributed by atoms with Crippen LogP contribution in [0.15, 0.2) is 17.0 Å². The van der Waals surface area contributed by atoms with Crippen LogP contribution in [-0.2, 0) is 11.3 Å². The van der Waals surface area contributed by atoms with Gasteiger partial charge in [-0.25, -0.2) is 9.78 Å². The SMILES string of the molecule is CC(C)CC(CNC(=O)OC(C)(C)C)NCc1cnco1. The predicted octanol–water partition coefficient (Wildman–Crippen LogP) is 2.70. The Morgan fingerprint density at radius 2 is 2.14 bits per heavy atom. The molecule has 0 saturated heterocycles. The van der Waals surface area contributed by atoms with E-state index in [0.29, 0.717) is 19.0 Å². The van der Waals surface area contributed by atoms with Crippen molar-refractivity contribution in [2.24, 2.45) is 5.92 Å². The molecule has 1 aromatic rings. The van der Waals surface area contributed by atoms with E-state index in [4.69, 9.17) is 9.15 Å². The van der Waals surface area contributed by atoms with Gasteiger partial charge < -0.3 is 19.8 Å². The maximum Gasteiger partial charge on any atom is 0.407 e. The Labute approximate surface area is 126 Å². The molecule has 0 aromatic carbocycles. The van der Waals surface area contributed by atoms with Gasteiger partial charge in [0.2, 0.25) is 0 Å². The van der Waals surface area contributed by atoms with Crippen LogP contribution in [0.4, 0.5) is 4.79 Å². The third-order valence-electron chi connectivity index (χ3n) is 2.70. The van der Waals surface area contributed by atoms with E-state index in [1.165, 1.54) is 6.39 Å². The smallest absolute Gasteiger partial charge is 0.407 e. The fourth-order valence-corrected chi connectivity index (χ4v) is 1.90.